The van der Waals surface area contributed by atoms with Gasteiger partial charge in [0.25, 0.3) is 5.91 Å². The molecule has 4 rings (SSSR count). The monoisotopic (exact) mass is 342 g/mol. The zero-order valence-corrected chi connectivity index (χ0v) is 14.3. The van der Waals surface area contributed by atoms with E-state index < -0.39 is 0 Å². The van der Waals surface area contributed by atoms with E-state index in [0.717, 1.165) is 23.7 Å². The number of para-hydroxylation sites is 1. The van der Waals surface area contributed by atoms with E-state index in [1.165, 1.54) is 11.1 Å². The van der Waals surface area contributed by atoms with Gasteiger partial charge in [-0.25, -0.2) is 9.97 Å². The minimum Gasteiger partial charge on any atom is -0.448 e. The Morgan fingerprint density at radius 2 is 2.04 bits per heavy atom. The average molecular weight is 342 g/mol. The number of carbonyl (C=O) groups is 1. The third-order valence-electron chi connectivity index (χ3n) is 4.28. The second kappa shape index (κ2) is 6.24. The molecule has 24 heavy (non-hydrogen) atoms. The molecular formula is C17H18N4O2S. The van der Waals surface area contributed by atoms with Crippen molar-refractivity contribution in [2.45, 2.75) is 13.3 Å². The number of oxazole rings is 1. The first kappa shape index (κ1) is 15.1. The van der Waals surface area contributed by atoms with Crippen molar-refractivity contribution < 1.29 is 9.21 Å². The zero-order valence-electron chi connectivity index (χ0n) is 13.4. The fourth-order valence-corrected chi connectivity index (χ4v) is 3.96. The first-order chi connectivity index (χ1) is 11.8. The van der Waals surface area contributed by atoms with Gasteiger partial charge in [0.05, 0.1) is 10.2 Å². The number of anilines is 1. The maximum Gasteiger partial charge on any atom is 0.276 e. The lowest BCUT2D eigenvalue weighted by Gasteiger charge is -2.34. The number of amides is 1. The van der Waals surface area contributed by atoms with E-state index in [1.54, 1.807) is 11.3 Å². The molecule has 0 radical (unpaired) electrons. The third kappa shape index (κ3) is 2.65. The van der Waals surface area contributed by atoms with Gasteiger partial charge in [-0.3, -0.25) is 4.79 Å². The quantitative estimate of drug-likeness (QED) is 0.732. The molecule has 3 heterocycles. The van der Waals surface area contributed by atoms with Crippen molar-refractivity contribution in [1.82, 2.24) is 14.9 Å². The van der Waals surface area contributed by atoms with Crippen LogP contribution in [0, 0.1) is 0 Å². The predicted octanol–water partition coefficient (Wildman–Crippen LogP) is 2.81. The summed E-state index contributed by atoms with van der Waals surface area (Å²) in [5.74, 6) is 0.623. The molecule has 0 aliphatic carbocycles. The third-order valence-corrected chi connectivity index (χ3v) is 5.38. The van der Waals surface area contributed by atoms with Crippen molar-refractivity contribution in [2.24, 2.45) is 0 Å². The lowest BCUT2D eigenvalue weighted by atomic mass is 10.2. The molecule has 1 fully saturated rings. The predicted molar refractivity (Wildman–Crippen MR) is 93.6 cm³/mol. The Morgan fingerprint density at radius 1 is 1.25 bits per heavy atom. The summed E-state index contributed by atoms with van der Waals surface area (Å²) >= 11 is 1.70. The molecule has 1 aliphatic rings. The van der Waals surface area contributed by atoms with Gasteiger partial charge in [-0.05, 0) is 12.1 Å². The van der Waals surface area contributed by atoms with Gasteiger partial charge in [0, 0.05) is 32.6 Å². The molecule has 7 heteroatoms. The fourth-order valence-electron chi connectivity index (χ4n) is 2.94. The van der Waals surface area contributed by atoms with Crippen molar-refractivity contribution in [3.63, 3.8) is 0 Å². The number of nitrogens with zero attached hydrogens (tertiary/aromatic N) is 4. The van der Waals surface area contributed by atoms with Crippen LogP contribution in [0.3, 0.4) is 0 Å². The van der Waals surface area contributed by atoms with Gasteiger partial charge in [0.1, 0.15) is 5.76 Å². The molecule has 6 nitrogen and oxygen atoms in total. The summed E-state index contributed by atoms with van der Waals surface area (Å²) in [6.45, 7) is 4.87. The van der Waals surface area contributed by atoms with Crippen molar-refractivity contribution in [3.8, 4) is 0 Å². The van der Waals surface area contributed by atoms with Crippen molar-refractivity contribution in [2.75, 3.05) is 31.1 Å². The van der Waals surface area contributed by atoms with Crippen molar-refractivity contribution in [3.05, 3.63) is 42.1 Å². The van der Waals surface area contributed by atoms with Crippen LogP contribution >= 0.6 is 11.3 Å². The van der Waals surface area contributed by atoms with Crippen molar-refractivity contribution in [1.29, 1.82) is 0 Å². The zero-order chi connectivity index (χ0) is 16.5. The summed E-state index contributed by atoms with van der Waals surface area (Å²) in [4.78, 5) is 25.5. The lowest BCUT2D eigenvalue weighted by Crippen LogP contribution is -2.49. The fraction of sp³-hybridized carbons (Fsp3) is 0.353. The lowest BCUT2D eigenvalue weighted by molar-refractivity contribution is 0.0739. The standard InChI is InChI=1S/C17H18N4O2S/c1-2-13-15(18-11-23-13)16(22)20-7-9-21(10-8-20)17-19-12-5-3-4-6-14(12)24-17/h3-6,11H,2,7-10H2,1H3. The Kier molecular flexibility index (Phi) is 3.93. The molecular weight excluding hydrogens is 324 g/mol. The molecule has 0 bridgehead atoms. The summed E-state index contributed by atoms with van der Waals surface area (Å²) in [5, 5.41) is 1.03. The van der Waals surface area contributed by atoms with E-state index in [2.05, 4.69) is 16.0 Å². The second-order valence-electron chi connectivity index (χ2n) is 5.72. The number of thiazole rings is 1. The van der Waals surface area contributed by atoms with Gasteiger partial charge in [0.15, 0.2) is 17.2 Å². The molecule has 0 N–H and O–H groups in total. The van der Waals surface area contributed by atoms with Crippen LogP contribution in [0.15, 0.2) is 35.1 Å². The number of aryl methyl sites for hydroxylation is 1. The van der Waals surface area contributed by atoms with Crippen LogP contribution in [0.25, 0.3) is 10.2 Å². The molecule has 1 aromatic carbocycles. The largest absolute Gasteiger partial charge is 0.448 e. The molecule has 1 saturated heterocycles. The normalized spacial score (nSPS) is 15.2. The Labute approximate surface area is 143 Å². The number of benzene rings is 1. The van der Waals surface area contributed by atoms with Crippen LogP contribution in [-0.4, -0.2) is 47.0 Å². The van der Waals surface area contributed by atoms with Crippen LogP contribution in [0.5, 0.6) is 0 Å². The Bertz CT molecular complexity index is 831. The molecule has 3 aromatic rings. The summed E-state index contributed by atoms with van der Waals surface area (Å²) in [5.41, 5.74) is 1.48. The Balaban J connectivity index is 1.45. The number of hydrogen-bond acceptors (Lipinski definition) is 6. The molecule has 0 unspecified atom stereocenters. The molecule has 1 amide bonds. The molecule has 124 valence electrons. The van der Waals surface area contributed by atoms with Gasteiger partial charge in [-0.15, -0.1) is 0 Å². The summed E-state index contributed by atoms with van der Waals surface area (Å²) < 4.78 is 6.47. The average Bonchev–Trinajstić information content (AvgIpc) is 3.27. The SMILES string of the molecule is CCc1ocnc1C(=O)N1CCN(c2nc3ccccc3s2)CC1. The van der Waals surface area contributed by atoms with Gasteiger partial charge in [0.2, 0.25) is 0 Å². The van der Waals surface area contributed by atoms with E-state index in [4.69, 9.17) is 9.40 Å². The van der Waals surface area contributed by atoms with E-state index in [1.807, 2.05) is 30.0 Å². The first-order valence-electron chi connectivity index (χ1n) is 8.08. The van der Waals surface area contributed by atoms with Crippen LogP contribution in [0.4, 0.5) is 5.13 Å². The smallest absolute Gasteiger partial charge is 0.276 e. The van der Waals surface area contributed by atoms with E-state index >= 15 is 0 Å². The van der Waals surface area contributed by atoms with E-state index in [9.17, 15) is 4.79 Å². The Hall–Kier alpha value is -2.41. The van der Waals surface area contributed by atoms with E-state index in [-0.39, 0.29) is 5.91 Å². The highest BCUT2D eigenvalue weighted by Crippen LogP contribution is 2.29. The molecule has 0 saturated carbocycles. The molecule has 1 aliphatic heterocycles. The highest BCUT2D eigenvalue weighted by molar-refractivity contribution is 7.22. The minimum atomic E-state index is -0.0375. The first-order valence-corrected chi connectivity index (χ1v) is 8.90. The summed E-state index contributed by atoms with van der Waals surface area (Å²) in [6.07, 6.45) is 2.02. The minimum absolute atomic E-state index is 0.0375. The number of piperazine rings is 1. The highest BCUT2D eigenvalue weighted by atomic mass is 32.1. The highest BCUT2D eigenvalue weighted by Gasteiger charge is 2.26. The van der Waals surface area contributed by atoms with Crippen LogP contribution < -0.4 is 4.90 Å². The van der Waals surface area contributed by atoms with E-state index in [0.29, 0.717) is 31.0 Å². The number of aromatic nitrogens is 2. The van der Waals surface area contributed by atoms with Gasteiger partial charge < -0.3 is 14.2 Å². The molecule has 2 aromatic heterocycles. The van der Waals surface area contributed by atoms with Crippen LogP contribution in [-0.2, 0) is 6.42 Å². The van der Waals surface area contributed by atoms with Crippen LogP contribution in [0.1, 0.15) is 23.2 Å². The van der Waals surface area contributed by atoms with Gasteiger partial charge >= 0.3 is 0 Å². The summed E-state index contributed by atoms with van der Waals surface area (Å²) in [7, 11) is 0. The topological polar surface area (TPSA) is 62.5 Å². The molecule has 0 spiro atoms. The maximum absolute atomic E-state index is 12.6. The van der Waals surface area contributed by atoms with Gasteiger partial charge in [-0.2, -0.15) is 0 Å². The second-order valence-corrected chi connectivity index (χ2v) is 6.73. The number of hydrogen-bond donors (Lipinski definition) is 0. The maximum atomic E-state index is 12.6. The van der Waals surface area contributed by atoms with Crippen molar-refractivity contribution >= 4 is 32.6 Å². The summed E-state index contributed by atoms with van der Waals surface area (Å²) in [6, 6.07) is 8.16. The molecule has 0 atom stereocenters. The number of carbonyl (C=O) groups excluding carboxylic acids is 1. The van der Waals surface area contributed by atoms with Crippen LogP contribution in [0.2, 0.25) is 0 Å². The number of rotatable bonds is 3. The van der Waals surface area contributed by atoms with Gasteiger partial charge in [-0.1, -0.05) is 30.4 Å². The number of fused-ring (bicyclic) bond motifs is 1. The Morgan fingerprint density at radius 3 is 2.79 bits per heavy atom.